The molecule has 2 aliphatic heterocycles. The van der Waals surface area contributed by atoms with E-state index in [-0.39, 0.29) is 23.4 Å². The molecule has 0 spiro atoms. The van der Waals surface area contributed by atoms with E-state index in [1.807, 2.05) is 48.9 Å². The number of hydrogen-bond donors (Lipinski definition) is 1. The maximum Gasteiger partial charge on any atom is 0.317 e. The molecule has 0 aliphatic carbocycles. The van der Waals surface area contributed by atoms with Crippen LogP contribution in [0.15, 0.2) is 24.5 Å². The van der Waals surface area contributed by atoms with Gasteiger partial charge in [0.1, 0.15) is 0 Å². The Bertz CT molecular complexity index is 635. The number of piperazine rings is 1. The minimum atomic E-state index is -0.154. The van der Waals surface area contributed by atoms with Gasteiger partial charge in [-0.25, -0.2) is 4.79 Å². The minimum Gasteiger partial charge on any atom is -0.367 e. The Kier molecular flexibility index (Phi) is 5.34. The van der Waals surface area contributed by atoms with E-state index in [1.165, 1.54) is 0 Å². The van der Waals surface area contributed by atoms with Gasteiger partial charge in [-0.1, -0.05) is 0 Å². The Balaban J connectivity index is 1.43. The van der Waals surface area contributed by atoms with Crippen molar-refractivity contribution >= 4 is 17.6 Å². The first-order chi connectivity index (χ1) is 12.3. The Labute approximate surface area is 155 Å². The number of urea groups is 1. The number of aromatic nitrogens is 1. The van der Waals surface area contributed by atoms with Crippen molar-refractivity contribution in [1.82, 2.24) is 20.1 Å². The van der Waals surface area contributed by atoms with Crippen molar-refractivity contribution in [3.05, 3.63) is 24.5 Å². The van der Waals surface area contributed by atoms with Crippen LogP contribution in [0.2, 0.25) is 0 Å². The van der Waals surface area contributed by atoms with Gasteiger partial charge in [0.25, 0.3) is 0 Å². The molecule has 0 saturated carbocycles. The average molecular weight is 359 g/mol. The highest BCUT2D eigenvalue weighted by Crippen LogP contribution is 2.25. The lowest BCUT2D eigenvalue weighted by atomic mass is 10.1. The van der Waals surface area contributed by atoms with Crippen molar-refractivity contribution in [2.75, 3.05) is 44.2 Å². The van der Waals surface area contributed by atoms with Crippen molar-refractivity contribution in [2.45, 2.75) is 32.7 Å². The number of carbonyl (C=O) groups is 2. The van der Waals surface area contributed by atoms with E-state index in [1.54, 1.807) is 6.20 Å². The van der Waals surface area contributed by atoms with Gasteiger partial charge in [0.15, 0.2) is 0 Å². The highest BCUT2D eigenvalue weighted by Gasteiger charge is 2.36. The van der Waals surface area contributed by atoms with Crippen molar-refractivity contribution in [1.29, 1.82) is 0 Å². The summed E-state index contributed by atoms with van der Waals surface area (Å²) in [6.07, 6.45) is 4.14. The SMILES string of the molecule is CC(C)(C)N1C[C@@H](CNC(=O)N2CCN(c3cccnc3)CC2)CC1=O. The zero-order chi connectivity index (χ0) is 18.7. The fourth-order valence-corrected chi connectivity index (χ4v) is 3.62. The molecule has 1 N–H and O–H groups in total. The number of amides is 3. The van der Waals surface area contributed by atoms with Crippen molar-refractivity contribution in [2.24, 2.45) is 5.92 Å². The van der Waals surface area contributed by atoms with Crippen LogP contribution in [-0.4, -0.2) is 71.5 Å². The van der Waals surface area contributed by atoms with Crippen molar-refractivity contribution in [3.8, 4) is 0 Å². The second-order valence-electron chi connectivity index (χ2n) is 8.12. The summed E-state index contributed by atoms with van der Waals surface area (Å²) in [7, 11) is 0. The molecule has 3 amide bonds. The van der Waals surface area contributed by atoms with E-state index < -0.39 is 0 Å². The third-order valence-electron chi connectivity index (χ3n) is 5.13. The fraction of sp³-hybridized carbons (Fsp3) is 0.632. The molecule has 3 heterocycles. The first-order valence-electron chi connectivity index (χ1n) is 9.33. The summed E-state index contributed by atoms with van der Waals surface area (Å²) in [6, 6.07) is 3.94. The maximum atomic E-state index is 12.4. The lowest BCUT2D eigenvalue weighted by Gasteiger charge is -2.36. The number of nitrogens with one attached hydrogen (secondary N) is 1. The van der Waals surface area contributed by atoms with Gasteiger partial charge in [-0.3, -0.25) is 9.78 Å². The largest absolute Gasteiger partial charge is 0.367 e. The fourth-order valence-electron chi connectivity index (χ4n) is 3.62. The zero-order valence-electron chi connectivity index (χ0n) is 15.9. The number of hydrogen-bond acceptors (Lipinski definition) is 4. The topological polar surface area (TPSA) is 68.8 Å². The zero-order valence-corrected chi connectivity index (χ0v) is 15.9. The normalized spacial score (nSPS) is 21.3. The third-order valence-corrected chi connectivity index (χ3v) is 5.13. The summed E-state index contributed by atoms with van der Waals surface area (Å²) in [5.41, 5.74) is 0.942. The molecule has 26 heavy (non-hydrogen) atoms. The molecule has 0 bridgehead atoms. The summed E-state index contributed by atoms with van der Waals surface area (Å²) in [4.78, 5) is 34.7. The first-order valence-corrected chi connectivity index (χ1v) is 9.33. The van der Waals surface area contributed by atoms with Crippen LogP contribution in [0.3, 0.4) is 0 Å². The predicted octanol–water partition coefficient (Wildman–Crippen LogP) is 1.56. The lowest BCUT2D eigenvalue weighted by molar-refractivity contribution is -0.131. The monoisotopic (exact) mass is 359 g/mol. The number of likely N-dealkylation sites (tertiary alicyclic amines) is 1. The van der Waals surface area contributed by atoms with Crippen LogP contribution in [0, 0.1) is 5.92 Å². The van der Waals surface area contributed by atoms with Gasteiger partial charge in [0, 0.05) is 63.3 Å². The van der Waals surface area contributed by atoms with Gasteiger partial charge >= 0.3 is 6.03 Å². The van der Waals surface area contributed by atoms with Crippen LogP contribution in [0.25, 0.3) is 0 Å². The quantitative estimate of drug-likeness (QED) is 0.889. The second kappa shape index (κ2) is 7.51. The molecule has 7 heteroatoms. The summed E-state index contributed by atoms with van der Waals surface area (Å²) in [5, 5.41) is 3.02. The number of anilines is 1. The molecule has 0 aromatic carbocycles. The minimum absolute atomic E-state index is 0.0301. The molecule has 142 valence electrons. The molecular formula is C19H29N5O2. The molecular weight excluding hydrogens is 330 g/mol. The van der Waals surface area contributed by atoms with Crippen molar-refractivity contribution < 1.29 is 9.59 Å². The van der Waals surface area contributed by atoms with Crippen LogP contribution in [0.4, 0.5) is 10.5 Å². The number of carbonyl (C=O) groups excluding carboxylic acids is 2. The molecule has 3 rings (SSSR count). The van der Waals surface area contributed by atoms with Gasteiger partial charge in [-0.05, 0) is 32.9 Å². The molecule has 0 unspecified atom stereocenters. The van der Waals surface area contributed by atoms with Gasteiger partial charge in [-0.15, -0.1) is 0 Å². The molecule has 2 fully saturated rings. The van der Waals surface area contributed by atoms with Crippen LogP contribution in [0.5, 0.6) is 0 Å². The summed E-state index contributed by atoms with van der Waals surface area (Å²) in [5.74, 6) is 0.379. The number of pyridine rings is 1. The van der Waals surface area contributed by atoms with Gasteiger partial charge in [0.05, 0.1) is 11.9 Å². The number of nitrogens with zero attached hydrogens (tertiary/aromatic N) is 4. The van der Waals surface area contributed by atoms with E-state index >= 15 is 0 Å². The van der Waals surface area contributed by atoms with Gasteiger partial charge in [0.2, 0.25) is 5.91 Å². The van der Waals surface area contributed by atoms with Crippen LogP contribution < -0.4 is 10.2 Å². The summed E-state index contributed by atoms with van der Waals surface area (Å²) in [6.45, 7) is 10.4. The molecule has 1 aromatic rings. The highest BCUT2D eigenvalue weighted by atomic mass is 16.2. The molecule has 1 aromatic heterocycles. The van der Waals surface area contributed by atoms with E-state index in [9.17, 15) is 9.59 Å². The predicted molar refractivity (Wildman–Crippen MR) is 101 cm³/mol. The molecule has 0 radical (unpaired) electrons. The lowest BCUT2D eigenvalue weighted by Crippen LogP contribution is -2.52. The molecule has 7 nitrogen and oxygen atoms in total. The van der Waals surface area contributed by atoms with E-state index in [0.717, 1.165) is 25.3 Å². The van der Waals surface area contributed by atoms with E-state index in [0.29, 0.717) is 26.1 Å². The smallest absolute Gasteiger partial charge is 0.317 e. The number of rotatable bonds is 3. The Morgan fingerprint density at radius 3 is 2.58 bits per heavy atom. The third kappa shape index (κ3) is 4.26. The summed E-state index contributed by atoms with van der Waals surface area (Å²) >= 11 is 0. The second-order valence-corrected chi connectivity index (χ2v) is 8.12. The standard InChI is InChI=1S/C19H29N5O2/c1-19(2,3)24-14-15(11-17(24)25)12-21-18(26)23-9-7-22(8-10-23)16-5-4-6-20-13-16/h4-6,13,15H,7-12,14H2,1-3H3,(H,21,26)/t15-/m1/s1. The molecule has 1 atom stereocenters. The van der Waals surface area contributed by atoms with Crippen LogP contribution in [0.1, 0.15) is 27.2 Å². The summed E-state index contributed by atoms with van der Waals surface area (Å²) < 4.78 is 0. The Morgan fingerprint density at radius 1 is 1.27 bits per heavy atom. The maximum absolute atomic E-state index is 12.4. The first kappa shape index (κ1) is 18.5. The van der Waals surface area contributed by atoms with Crippen LogP contribution in [-0.2, 0) is 4.79 Å². The van der Waals surface area contributed by atoms with Gasteiger partial charge in [-0.2, -0.15) is 0 Å². The van der Waals surface area contributed by atoms with Crippen molar-refractivity contribution in [3.63, 3.8) is 0 Å². The van der Waals surface area contributed by atoms with E-state index in [4.69, 9.17) is 0 Å². The Morgan fingerprint density at radius 2 is 2.00 bits per heavy atom. The highest BCUT2D eigenvalue weighted by molar-refractivity contribution is 5.80. The van der Waals surface area contributed by atoms with E-state index in [2.05, 4.69) is 15.2 Å². The molecule has 2 saturated heterocycles. The van der Waals surface area contributed by atoms with Crippen LogP contribution >= 0.6 is 0 Å². The average Bonchev–Trinajstić information content (AvgIpc) is 3.02. The Hall–Kier alpha value is -2.31. The van der Waals surface area contributed by atoms with Gasteiger partial charge < -0.3 is 20.0 Å². The molecule has 2 aliphatic rings.